The van der Waals surface area contributed by atoms with Gasteiger partial charge in [-0.1, -0.05) is 330 Å². The van der Waals surface area contributed by atoms with Crippen LogP contribution in [0.4, 0.5) is 0 Å². The monoisotopic (exact) mass is 1330 g/mol. The Bertz CT molecular complexity index is 2320. The van der Waals surface area contributed by atoms with Crippen LogP contribution in [0.25, 0.3) is 0 Å². The minimum atomic E-state index is -4.42. The molecular formula is C85H136NO8P. The molecule has 0 aromatic rings. The van der Waals surface area contributed by atoms with E-state index in [0.717, 1.165) is 148 Å². The van der Waals surface area contributed by atoms with E-state index in [1.807, 2.05) is 0 Å². The van der Waals surface area contributed by atoms with Crippen LogP contribution >= 0.6 is 7.82 Å². The third-order valence-corrected chi connectivity index (χ3v) is 16.1. The molecule has 0 aliphatic heterocycles. The van der Waals surface area contributed by atoms with Crippen LogP contribution in [0.3, 0.4) is 0 Å². The zero-order chi connectivity index (χ0) is 68.6. The maximum Gasteiger partial charge on any atom is 0.472 e. The van der Waals surface area contributed by atoms with Crippen LogP contribution in [-0.2, 0) is 32.7 Å². The van der Waals surface area contributed by atoms with Gasteiger partial charge in [0.15, 0.2) is 6.10 Å². The van der Waals surface area contributed by atoms with Crippen LogP contribution in [0.15, 0.2) is 207 Å². The number of unbranched alkanes of at least 4 members (excludes halogenated alkanes) is 21. The highest BCUT2D eigenvalue weighted by molar-refractivity contribution is 7.47. The molecule has 95 heavy (non-hydrogen) atoms. The van der Waals surface area contributed by atoms with Gasteiger partial charge in [-0.25, -0.2) is 4.57 Å². The van der Waals surface area contributed by atoms with Crippen molar-refractivity contribution in [1.82, 2.24) is 0 Å². The van der Waals surface area contributed by atoms with Crippen molar-refractivity contribution in [1.29, 1.82) is 0 Å². The number of esters is 2. The van der Waals surface area contributed by atoms with Crippen molar-refractivity contribution < 1.29 is 37.6 Å². The van der Waals surface area contributed by atoms with Crippen LogP contribution in [-0.4, -0.2) is 49.3 Å². The van der Waals surface area contributed by atoms with Crippen molar-refractivity contribution in [3.05, 3.63) is 207 Å². The van der Waals surface area contributed by atoms with Gasteiger partial charge in [0.05, 0.1) is 13.2 Å². The van der Waals surface area contributed by atoms with Gasteiger partial charge in [0.2, 0.25) is 0 Å². The first-order chi connectivity index (χ1) is 46.8. The van der Waals surface area contributed by atoms with Gasteiger partial charge in [0, 0.05) is 19.4 Å². The van der Waals surface area contributed by atoms with E-state index in [4.69, 9.17) is 24.3 Å². The van der Waals surface area contributed by atoms with Crippen molar-refractivity contribution in [2.45, 2.75) is 290 Å². The summed E-state index contributed by atoms with van der Waals surface area (Å²) in [6.45, 7) is 3.47. The first-order valence-electron chi connectivity index (χ1n) is 37.6. The predicted octanol–water partition coefficient (Wildman–Crippen LogP) is 25.4. The minimum absolute atomic E-state index is 0.0382. The summed E-state index contributed by atoms with van der Waals surface area (Å²) < 4.78 is 33.2. The molecule has 0 saturated carbocycles. The van der Waals surface area contributed by atoms with E-state index in [0.29, 0.717) is 6.42 Å². The Morgan fingerprint density at radius 3 is 0.821 bits per heavy atom. The quantitative estimate of drug-likeness (QED) is 0.0264. The molecular weight excluding hydrogens is 1190 g/mol. The number of allylic oxidation sites excluding steroid dienone is 34. The summed E-state index contributed by atoms with van der Waals surface area (Å²) in [6.07, 6.45) is 119. The molecule has 0 spiro atoms. The maximum absolute atomic E-state index is 12.8. The lowest BCUT2D eigenvalue weighted by atomic mass is 10.0. The molecule has 0 aliphatic carbocycles. The molecule has 0 heterocycles. The van der Waals surface area contributed by atoms with Gasteiger partial charge >= 0.3 is 19.8 Å². The number of carbonyl (C=O) groups is 2. The van der Waals surface area contributed by atoms with Gasteiger partial charge < -0.3 is 20.1 Å². The average Bonchev–Trinajstić information content (AvgIpc) is 2.64. The van der Waals surface area contributed by atoms with Gasteiger partial charge in [0.1, 0.15) is 6.61 Å². The first kappa shape index (κ1) is 89.6. The molecule has 0 amide bonds. The molecule has 0 saturated heterocycles. The fraction of sp³-hybridized carbons (Fsp3) is 0.576. The van der Waals surface area contributed by atoms with Gasteiger partial charge in [-0.15, -0.1) is 0 Å². The molecule has 0 aromatic carbocycles. The second-order valence-corrected chi connectivity index (χ2v) is 25.5. The van der Waals surface area contributed by atoms with Gasteiger partial charge in [-0.3, -0.25) is 18.6 Å². The molecule has 10 heteroatoms. The third-order valence-electron chi connectivity index (χ3n) is 15.2. The molecule has 3 N–H and O–H groups in total. The summed E-state index contributed by atoms with van der Waals surface area (Å²) in [6, 6.07) is 0. The molecule has 0 radical (unpaired) electrons. The SMILES string of the molecule is CC/C=C\C/C=C\C/C=C\C/C=C\C/C=C\C/C=C\C/C=C\C/C=C\C/C=C\C/C=C\C/C=C\CCCCCC(=O)OC(COC(=O)CCCCCCCCCCCCCCCCCCCC/C=C\C/C=C\C/C=C\C/C=C\C/C=C\C/C=C\CC)COP(=O)(O)OCCN. The first-order valence-corrected chi connectivity index (χ1v) is 39.1. The number of rotatable bonds is 68. The van der Waals surface area contributed by atoms with E-state index in [9.17, 15) is 19.0 Å². The maximum atomic E-state index is 12.8. The Balaban J connectivity index is 3.98. The second-order valence-electron chi connectivity index (χ2n) is 24.0. The minimum Gasteiger partial charge on any atom is -0.462 e. The average molecular weight is 1330 g/mol. The Hall–Kier alpha value is -5.41. The largest absolute Gasteiger partial charge is 0.472 e. The second kappa shape index (κ2) is 77.6. The van der Waals surface area contributed by atoms with Gasteiger partial charge in [-0.2, -0.15) is 0 Å². The summed E-state index contributed by atoms with van der Waals surface area (Å²) in [5, 5.41) is 0. The summed E-state index contributed by atoms with van der Waals surface area (Å²) >= 11 is 0. The van der Waals surface area contributed by atoms with Crippen molar-refractivity contribution in [3.8, 4) is 0 Å². The lowest BCUT2D eigenvalue weighted by Gasteiger charge is -2.19. The molecule has 2 atom stereocenters. The van der Waals surface area contributed by atoms with E-state index < -0.39 is 32.5 Å². The molecule has 2 unspecified atom stereocenters. The molecule has 9 nitrogen and oxygen atoms in total. The topological polar surface area (TPSA) is 134 Å². The zero-order valence-corrected chi connectivity index (χ0v) is 61.0. The van der Waals surface area contributed by atoms with Crippen LogP contribution in [0.1, 0.15) is 284 Å². The van der Waals surface area contributed by atoms with Crippen LogP contribution < -0.4 is 5.73 Å². The molecule has 0 rings (SSSR count). The number of phosphoric acid groups is 1. The van der Waals surface area contributed by atoms with Gasteiger partial charge in [0.25, 0.3) is 0 Å². The lowest BCUT2D eigenvalue weighted by Crippen LogP contribution is -2.29. The van der Waals surface area contributed by atoms with E-state index in [1.54, 1.807) is 0 Å². The Morgan fingerprint density at radius 1 is 0.316 bits per heavy atom. The van der Waals surface area contributed by atoms with Crippen molar-refractivity contribution in [3.63, 3.8) is 0 Å². The van der Waals surface area contributed by atoms with Crippen molar-refractivity contribution in [2.75, 3.05) is 26.4 Å². The van der Waals surface area contributed by atoms with E-state index in [-0.39, 0.29) is 32.6 Å². The van der Waals surface area contributed by atoms with E-state index in [2.05, 4.69) is 220 Å². The zero-order valence-electron chi connectivity index (χ0n) is 60.1. The summed E-state index contributed by atoms with van der Waals surface area (Å²) in [4.78, 5) is 35.4. The van der Waals surface area contributed by atoms with E-state index >= 15 is 0 Å². The normalized spacial score (nSPS) is 14.1. The smallest absolute Gasteiger partial charge is 0.462 e. The standard InChI is InChI=1S/C85H136NO8P/c1-3-5-7-9-11-13-15-17-19-21-23-25-27-29-31-33-35-37-39-41-43-45-47-49-51-53-55-57-59-61-63-65-67-69-71-73-75-77-84(87)91-81-83(82-93-95(89,90)92-80-79-86)94-85(88)78-76-74-72-70-68-66-64-62-60-58-56-54-52-50-48-46-44-42-40-38-36-34-32-30-28-26-24-22-20-18-16-14-12-10-8-6-4-2/h5-8,11-14,17-20,23-26,29-32,35-38,42,44,48,50,54,56,60,62,66,68,83H,3-4,9-10,15-16,21-22,27-28,33-34,39-41,43,45-47,49,51-53,55,57-59,61,63-65,67,69-82,86H2,1-2H3,(H,89,90)/b7-5-,8-6-,13-11-,14-12-,19-17-,20-18-,25-23-,26-24-,31-29-,32-30-,37-35-,38-36-,44-42-,50-48-,56-54-,62-60-,68-66-. The summed E-state index contributed by atoms with van der Waals surface area (Å²) in [7, 11) is -4.42. The highest BCUT2D eigenvalue weighted by atomic mass is 31.2. The summed E-state index contributed by atoms with van der Waals surface area (Å²) in [5.74, 6) is -0.874. The molecule has 0 aromatic heterocycles. The number of ether oxygens (including phenoxy) is 2. The number of nitrogens with two attached hydrogens (primary N) is 1. The Labute approximate surface area is 582 Å². The highest BCUT2D eigenvalue weighted by Gasteiger charge is 2.26. The summed E-state index contributed by atoms with van der Waals surface area (Å²) in [5.41, 5.74) is 5.40. The van der Waals surface area contributed by atoms with E-state index in [1.165, 1.54) is 103 Å². The van der Waals surface area contributed by atoms with Crippen LogP contribution in [0.5, 0.6) is 0 Å². The molecule has 0 bridgehead atoms. The molecule has 0 aliphatic rings. The lowest BCUT2D eigenvalue weighted by molar-refractivity contribution is -0.161. The van der Waals surface area contributed by atoms with Crippen molar-refractivity contribution >= 4 is 19.8 Å². The van der Waals surface area contributed by atoms with Crippen molar-refractivity contribution in [2.24, 2.45) is 5.73 Å². The molecule has 534 valence electrons. The number of phosphoric ester groups is 1. The van der Waals surface area contributed by atoms with Crippen LogP contribution in [0.2, 0.25) is 0 Å². The fourth-order valence-corrected chi connectivity index (χ4v) is 10.5. The third kappa shape index (κ3) is 77.5. The Kier molecular flexibility index (Phi) is 73.2. The predicted molar refractivity (Wildman–Crippen MR) is 412 cm³/mol. The van der Waals surface area contributed by atoms with Gasteiger partial charge in [-0.05, 0) is 148 Å². The number of hydrogen-bond donors (Lipinski definition) is 2. The van der Waals surface area contributed by atoms with Crippen LogP contribution in [0, 0.1) is 0 Å². The fourth-order valence-electron chi connectivity index (χ4n) is 9.70. The number of hydrogen-bond acceptors (Lipinski definition) is 8. The number of carbonyl (C=O) groups excluding carboxylic acids is 2. The Morgan fingerprint density at radius 2 is 0.547 bits per heavy atom. The highest BCUT2D eigenvalue weighted by Crippen LogP contribution is 2.43. The molecule has 0 fully saturated rings.